The number of aryl methyl sites for hydroxylation is 1. The van der Waals surface area contributed by atoms with Crippen LogP contribution in [0.15, 0.2) is 36.4 Å². The molecule has 204 valence electrons. The molecule has 37 heavy (non-hydrogen) atoms. The van der Waals surface area contributed by atoms with Crippen molar-refractivity contribution in [2.45, 2.75) is 66.0 Å². The maximum Gasteiger partial charge on any atom is 0.242 e. The molecule has 0 fully saturated rings. The van der Waals surface area contributed by atoms with E-state index in [1.807, 2.05) is 32.9 Å². The van der Waals surface area contributed by atoms with E-state index < -0.39 is 16.1 Å². The first-order valence-corrected chi connectivity index (χ1v) is 15.0. The Morgan fingerprint density at radius 3 is 2.38 bits per heavy atom. The average molecular weight is 571 g/mol. The van der Waals surface area contributed by atoms with Crippen LogP contribution in [0.5, 0.6) is 0 Å². The molecule has 0 heterocycles. The second kappa shape index (κ2) is 14.0. The lowest BCUT2D eigenvalue weighted by Gasteiger charge is -2.30. The Labute approximate surface area is 231 Å². The van der Waals surface area contributed by atoms with Crippen molar-refractivity contribution in [3.05, 3.63) is 63.1 Å². The smallest absolute Gasteiger partial charge is 0.242 e. The van der Waals surface area contributed by atoms with Gasteiger partial charge in [-0.15, -0.1) is 0 Å². The number of nitrogens with zero attached hydrogens (tertiary/aromatic N) is 2. The molecule has 0 aromatic heterocycles. The summed E-state index contributed by atoms with van der Waals surface area (Å²) in [6.07, 6.45) is 3.32. The SMILES string of the molecule is CCCCNC(=O)[C@@H](C)N(Cc1ccc(Cl)c(Cl)c1)C(=O)CCCN(c1cccc(C)c1C)S(C)(=O)=O. The molecule has 0 saturated heterocycles. The van der Waals surface area contributed by atoms with Gasteiger partial charge in [-0.3, -0.25) is 13.9 Å². The topological polar surface area (TPSA) is 86.8 Å². The van der Waals surface area contributed by atoms with Gasteiger partial charge in [-0.05, 0) is 68.5 Å². The van der Waals surface area contributed by atoms with E-state index in [4.69, 9.17) is 23.2 Å². The summed E-state index contributed by atoms with van der Waals surface area (Å²) in [5.41, 5.74) is 3.20. The second-order valence-corrected chi connectivity index (χ2v) is 12.0. The molecule has 2 amide bonds. The van der Waals surface area contributed by atoms with E-state index in [0.29, 0.717) is 28.7 Å². The first-order chi connectivity index (χ1) is 17.4. The largest absolute Gasteiger partial charge is 0.354 e. The average Bonchev–Trinajstić information content (AvgIpc) is 2.83. The lowest BCUT2D eigenvalue weighted by Crippen LogP contribution is -2.48. The van der Waals surface area contributed by atoms with Crippen molar-refractivity contribution < 1.29 is 18.0 Å². The van der Waals surface area contributed by atoms with E-state index in [9.17, 15) is 18.0 Å². The molecule has 2 aromatic carbocycles. The zero-order valence-electron chi connectivity index (χ0n) is 22.2. The van der Waals surface area contributed by atoms with E-state index in [0.717, 1.165) is 35.8 Å². The minimum atomic E-state index is -3.56. The number of sulfonamides is 1. The molecule has 0 spiro atoms. The third-order valence-electron chi connectivity index (χ3n) is 6.33. The van der Waals surface area contributed by atoms with Crippen molar-refractivity contribution in [1.82, 2.24) is 10.2 Å². The molecule has 2 rings (SSSR count). The van der Waals surface area contributed by atoms with Gasteiger partial charge < -0.3 is 10.2 Å². The molecule has 0 radical (unpaired) electrons. The predicted octanol–water partition coefficient (Wildman–Crippen LogP) is 5.49. The van der Waals surface area contributed by atoms with E-state index in [2.05, 4.69) is 5.32 Å². The molecule has 0 aliphatic heterocycles. The van der Waals surface area contributed by atoms with E-state index in [1.165, 1.54) is 9.21 Å². The van der Waals surface area contributed by atoms with Crippen LogP contribution in [-0.2, 0) is 26.2 Å². The maximum atomic E-state index is 13.4. The van der Waals surface area contributed by atoms with Crippen LogP contribution >= 0.6 is 23.2 Å². The number of unbranched alkanes of at least 4 members (excludes halogenated alkanes) is 1. The minimum absolute atomic E-state index is 0.0742. The normalized spacial score (nSPS) is 12.2. The fourth-order valence-corrected chi connectivity index (χ4v) is 5.28. The van der Waals surface area contributed by atoms with Gasteiger partial charge in [-0.25, -0.2) is 8.42 Å². The number of carbonyl (C=O) groups is 2. The molecule has 0 saturated carbocycles. The Hall–Kier alpha value is -2.29. The Kier molecular flexibility index (Phi) is 11.7. The number of benzene rings is 2. The molecular weight excluding hydrogens is 533 g/mol. The molecule has 0 aliphatic rings. The fourth-order valence-electron chi connectivity index (χ4n) is 3.94. The van der Waals surface area contributed by atoms with Crippen LogP contribution < -0.4 is 9.62 Å². The molecule has 2 aromatic rings. The van der Waals surface area contributed by atoms with Crippen LogP contribution in [0.1, 0.15) is 56.2 Å². The molecule has 0 unspecified atom stereocenters. The number of halogens is 2. The predicted molar refractivity (Wildman–Crippen MR) is 152 cm³/mol. The summed E-state index contributed by atoms with van der Waals surface area (Å²) in [5, 5.41) is 3.65. The van der Waals surface area contributed by atoms with Crippen molar-refractivity contribution in [2.24, 2.45) is 0 Å². The van der Waals surface area contributed by atoms with Crippen LogP contribution in [0, 0.1) is 13.8 Å². The summed E-state index contributed by atoms with van der Waals surface area (Å²) in [6, 6.07) is 9.89. The van der Waals surface area contributed by atoms with Gasteiger partial charge in [-0.1, -0.05) is 54.7 Å². The lowest BCUT2D eigenvalue weighted by atomic mass is 10.1. The second-order valence-electron chi connectivity index (χ2n) is 9.25. The van der Waals surface area contributed by atoms with Gasteiger partial charge in [0.1, 0.15) is 6.04 Å². The number of hydrogen-bond donors (Lipinski definition) is 1. The van der Waals surface area contributed by atoms with Crippen molar-refractivity contribution in [3.63, 3.8) is 0 Å². The number of carbonyl (C=O) groups excluding carboxylic acids is 2. The standard InChI is InChI=1S/C27H37Cl2N3O4S/c1-6-7-15-30-27(34)21(4)31(18-22-13-14-23(28)24(29)17-22)26(33)12-9-16-32(37(5,35)36)25-11-8-10-19(2)20(25)3/h8,10-11,13-14,17,21H,6-7,9,12,15-16,18H2,1-5H3,(H,30,34)/t21-/m1/s1. The van der Waals surface area contributed by atoms with Gasteiger partial charge >= 0.3 is 0 Å². The third kappa shape index (κ3) is 8.90. The summed E-state index contributed by atoms with van der Waals surface area (Å²) >= 11 is 12.2. The van der Waals surface area contributed by atoms with E-state index >= 15 is 0 Å². The first kappa shape index (κ1) is 30.9. The van der Waals surface area contributed by atoms with E-state index in [1.54, 1.807) is 31.2 Å². The molecule has 10 heteroatoms. The van der Waals surface area contributed by atoms with Gasteiger partial charge in [-0.2, -0.15) is 0 Å². The minimum Gasteiger partial charge on any atom is -0.354 e. The highest BCUT2D eigenvalue weighted by molar-refractivity contribution is 7.92. The summed E-state index contributed by atoms with van der Waals surface area (Å²) in [4.78, 5) is 27.7. The molecule has 7 nitrogen and oxygen atoms in total. The first-order valence-electron chi connectivity index (χ1n) is 12.4. The van der Waals surface area contributed by atoms with Gasteiger partial charge in [0.05, 0.1) is 22.0 Å². The zero-order chi connectivity index (χ0) is 27.8. The summed E-state index contributed by atoms with van der Waals surface area (Å²) in [7, 11) is -3.56. The Bertz CT molecular complexity index is 1200. The maximum absolute atomic E-state index is 13.4. The lowest BCUT2D eigenvalue weighted by molar-refractivity contribution is -0.140. The molecule has 1 atom stereocenters. The van der Waals surface area contributed by atoms with Gasteiger partial charge in [0.15, 0.2) is 0 Å². The van der Waals surface area contributed by atoms with Crippen LogP contribution in [0.25, 0.3) is 0 Å². The Morgan fingerprint density at radius 1 is 1.05 bits per heavy atom. The third-order valence-corrected chi connectivity index (χ3v) is 8.25. The molecular formula is C27H37Cl2N3O4S. The Morgan fingerprint density at radius 2 is 1.76 bits per heavy atom. The number of rotatable bonds is 13. The van der Waals surface area contributed by atoms with Crippen LogP contribution in [0.3, 0.4) is 0 Å². The summed E-state index contributed by atoms with van der Waals surface area (Å²) in [6.45, 7) is 8.39. The number of anilines is 1. The number of amides is 2. The highest BCUT2D eigenvalue weighted by atomic mass is 35.5. The molecule has 1 N–H and O–H groups in total. The van der Waals surface area contributed by atoms with Crippen molar-refractivity contribution in [3.8, 4) is 0 Å². The van der Waals surface area contributed by atoms with Crippen molar-refractivity contribution in [2.75, 3.05) is 23.7 Å². The molecule has 0 aliphatic carbocycles. The number of nitrogens with one attached hydrogen (secondary N) is 1. The van der Waals surface area contributed by atoms with Gasteiger partial charge in [0.2, 0.25) is 21.8 Å². The van der Waals surface area contributed by atoms with Crippen LogP contribution in [0.2, 0.25) is 10.0 Å². The van der Waals surface area contributed by atoms with Crippen LogP contribution in [0.4, 0.5) is 5.69 Å². The van der Waals surface area contributed by atoms with Crippen LogP contribution in [-0.4, -0.2) is 50.5 Å². The molecule has 0 bridgehead atoms. The quantitative estimate of drug-likeness (QED) is 0.323. The fraction of sp³-hybridized carbons (Fsp3) is 0.481. The van der Waals surface area contributed by atoms with Gasteiger partial charge in [0.25, 0.3) is 0 Å². The highest BCUT2D eigenvalue weighted by Gasteiger charge is 2.27. The number of hydrogen-bond acceptors (Lipinski definition) is 4. The van der Waals surface area contributed by atoms with Crippen molar-refractivity contribution in [1.29, 1.82) is 0 Å². The monoisotopic (exact) mass is 569 g/mol. The zero-order valence-corrected chi connectivity index (χ0v) is 24.5. The summed E-state index contributed by atoms with van der Waals surface area (Å²) < 4.78 is 26.5. The van der Waals surface area contributed by atoms with Gasteiger partial charge in [0, 0.05) is 26.1 Å². The Balaban J connectivity index is 2.21. The highest BCUT2D eigenvalue weighted by Crippen LogP contribution is 2.26. The summed E-state index contributed by atoms with van der Waals surface area (Å²) in [5.74, 6) is -0.492. The van der Waals surface area contributed by atoms with Crippen molar-refractivity contribution >= 4 is 50.7 Å². The van der Waals surface area contributed by atoms with E-state index in [-0.39, 0.29) is 31.3 Å².